The monoisotopic (exact) mass is 458 g/mol. The van der Waals surface area contributed by atoms with Gasteiger partial charge < -0.3 is 4.74 Å². The third-order valence-electron chi connectivity index (χ3n) is 7.31. The number of allylic oxidation sites excluding steroid dienone is 1. The summed E-state index contributed by atoms with van der Waals surface area (Å²) in [6.45, 7) is 2.32. The molecule has 0 aromatic heterocycles. The largest absolute Gasteiger partial charge is 0.409 e. The maximum atomic E-state index is 14.1. The second kappa shape index (κ2) is 11.6. The first-order valence-electron chi connectivity index (χ1n) is 12.1. The summed E-state index contributed by atoms with van der Waals surface area (Å²) < 4.78 is 70.9. The molecule has 0 aliphatic heterocycles. The fraction of sp³-hybridized carbons (Fsp3) is 0.692. The number of benzene rings is 1. The Kier molecular flexibility index (Phi) is 9.15. The maximum Gasteiger partial charge on any atom is 0.409 e. The molecule has 6 heteroatoms. The summed E-state index contributed by atoms with van der Waals surface area (Å²) in [5, 5.41) is 0. The summed E-state index contributed by atoms with van der Waals surface area (Å²) >= 11 is 0. The highest BCUT2D eigenvalue weighted by Crippen LogP contribution is 2.41. The Morgan fingerprint density at radius 1 is 0.906 bits per heavy atom. The Balaban J connectivity index is 1.43. The molecule has 0 saturated heterocycles. The van der Waals surface area contributed by atoms with Crippen LogP contribution in [0.4, 0.5) is 22.0 Å². The van der Waals surface area contributed by atoms with Crippen molar-refractivity contribution < 1.29 is 26.7 Å². The van der Waals surface area contributed by atoms with Crippen molar-refractivity contribution in [3.8, 4) is 0 Å². The van der Waals surface area contributed by atoms with Crippen molar-refractivity contribution in [1.82, 2.24) is 0 Å². The zero-order valence-corrected chi connectivity index (χ0v) is 18.9. The number of alkyl halides is 3. The van der Waals surface area contributed by atoms with Crippen molar-refractivity contribution in [2.24, 2.45) is 17.8 Å². The predicted octanol–water partition coefficient (Wildman–Crippen LogP) is 8.61. The molecule has 0 bridgehead atoms. The first-order chi connectivity index (χ1) is 15.2. The lowest BCUT2D eigenvalue weighted by Gasteiger charge is -2.37. The summed E-state index contributed by atoms with van der Waals surface area (Å²) in [6, 6.07) is 2.11. The van der Waals surface area contributed by atoms with Gasteiger partial charge in [0.15, 0.2) is 0 Å². The van der Waals surface area contributed by atoms with E-state index in [1.165, 1.54) is 44.9 Å². The van der Waals surface area contributed by atoms with E-state index in [9.17, 15) is 22.0 Å². The molecule has 0 heterocycles. The van der Waals surface area contributed by atoms with Crippen LogP contribution in [0.5, 0.6) is 0 Å². The van der Waals surface area contributed by atoms with E-state index in [4.69, 9.17) is 4.74 Å². The van der Waals surface area contributed by atoms with Crippen LogP contribution < -0.4 is 0 Å². The minimum atomic E-state index is -4.62. The van der Waals surface area contributed by atoms with Crippen LogP contribution in [0, 0.1) is 29.4 Å². The lowest BCUT2D eigenvalue weighted by molar-refractivity contribution is -0.0790. The summed E-state index contributed by atoms with van der Waals surface area (Å²) in [7, 11) is 0. The number of rotatable bonds is 8. The average molecular weight is 459 g/mol. The quantitative estimate of drug-likeness (QED) is 0.354. The Morgan fingerprint density at radius 2 is 1.47 bits per heavy atom. The molecule has 0 N–H and O–H groups in total. The molecule has 1 aromatic rings. The molecule has 2 aliphatic rings. The molecular formula is C26H35F5O. The van der Waals surface area contributed by atoms with Crippen LogP contribution in [0.15, 0.2) is 18.2 Å². The predicted molar refractivity (Wildman–Crippen MR) is 117 cm³/mol. The number of unbranched alkanes of at least 4 members (excludes halogenated alkanes) is 1. The fourth-order valence-electron chi connectivity index (χ4n) is 5.44. The third kappa shape index (κ3) is 7.57. The molecule has 3 rings (SSSR count). The molecule has 0 spiro atoms. The van der Waals surface area contributed by atoms with Crippen LogP contribution in [0.3, 0.4) is 0 Å². The van der Waals surface area contributed by atoms with Crippen LogP contribution in [-0.2, 0) is 11.3 Å². The van der Waals surface area contributed by atoms with Gasteiger partial charge in [-0.05, 0) is 80.1 Å². The van der Waals surface area contributed by atoms with E-state index in [2.05, 4.69) is 6.92 Å². The van der Waals surface area contributed by atoms with E-state index < -0.39 is 23.4 Å². The number of hydrogen-bond acceptors (Lipinski definition) is 1. The molecule has 0 radical (unpaired) electrons. The minimum absolute atomic E-state index is 0.0645. The van der Waals surface area contributed by atoms with Crippen molar-refractivity contribution in [2.45, 2.75) is 96.4 Å². The smallest absolute Gasteiger partial charge is 0.374 e. The first kappa shape index (κ1) is 25.2. The Labute approximate surface area is 188 Å². The van der Waals surface area contributed by atoms with Gasteiger partial charge in [0.25, 0.3) is 0 Å². The van der Waals surface area contributed by atoms with Gasteiger partial charge in [-0.3, -0.25) is 0 Å². The average Bonchev–Trinajstić information content (AvgIpc) is 2.76. The van der Waals surface area contributed by atoms with E-state index in [0.29, 0.717) is 11.6 Å². The van der Waals surface area contributed by atoms with E-state index in [-0.39, 0.29) is 18.8 Å². The van der Waals surface area contributed by atoms with Gasteiger partial charge in [0, 0.05) is 11.6 Å². The summed E-state index contributed by atoms with van der Waals surface area (Å²) in [5.41, 5.74) is -0.382. The van der Waals surface area contributed by atoms with Gasteiger partial charge in [-0.1, -0.05) is 39.0 Å². The van der Waals surface area contributed by atoms with E-state index in [1.807, 2.05) is 0 Å². The Morgan fingerprint density at radius 3 is 2.00 bits per heavy atom. The highest BCUT2D eigenvalue weighted by molar-refractivity contribution is 5.52. The van der Waals surface area contributed by atoms with Gasteiger partial charge in [0.05, 0.1) is 12.7 Å². The van der Waals surface area contributed by atoms with Crippen LogP contribution in [0.2, 0.25) is 0 Å². The SMILES string of the molecule is CCCCC1CCC(C2CCC(OCc3cc(F)c(/C=C/C(F)(F)F)c(F)c3)CC2)CC1. The normalized spacial score (nSPS) is 27.2. The summed E-state index contributed by atoms with van der Waals surface area (Å²) in [5.74, 6) is 0.484. The Hall–Kier alpha value is -1.43. The Bertz CT molecular complexity index is 718. The maximum absolute atomic E-state index is 14.1. The highest BCUT2D eigenvalue weighted by atomic mass is 19.4. The van der Waals surface area contributed by atoms with E-state index in [0.717, 1.165) is 55.6 Å². The van der Waals surface area contributed by atoms with Crippen LogP contribution >= 0.6 is 0 Å². The number of ether oxygens (including phenoxy) is 1. The third-order valence-corrected chi connectivity index (χ3v) is 7.31. The molecular weight excluding hydrogens is 423 g/mol. The molecule has 1 aromatic carbocycles. The van der Waals surface area contributed by atoms with Crippen LogP contribution in [-0.4, -0.2) is 12.3 Å². The topological polar surface area (TPSA) is 9.23 Å². The van der Waals surface area contributed by atoms with E-state index >= 15 is 0 Å². The van der Waals surface area contributed by atoms with Crippen molar-refractivity contribution in [3.05, 3.63) is 41.0 Å². The lowest BCUT2D eigenvalue weighted by Crippen LogP contribution is -2.28. The minimum Gasteiger partial charge on any atom is -0.374 e. The van der Waals surface area contributed by atoms with Gasteiger partial charge in [-0.25, -0.2) is 8.78 Å². The fourth-order valence-corrected chi connectivity index (χ4v) is 5.44. The molecule has 2 fully saturated rings. The van der Waals surface area contributed by atoms with Crippen molar-refractivity contribution >= 4 is 6.08 Å². The standard InChI is InChI=1S/C26H35F5O/c1-2-3-4-18-5-7-20(8-6-18)21-9-11-22(12-10-21)32-17-19-15-24(27)23(25(28)16-19)13-14-26(29,30)31/h13-16,18,20-22H,2-12,17H2,1H3/b14-13+. The van der Waals surface area contributed by atoms with Gasteiger partial charge >= 0.3 is 6.18 Å². The zero-order chi connectivity index (χ0) is 23.1. The molecule has 0 unspecified atom stereocenters. The second-order valence-corrected chi connectivity index (χ2v) is 9.62. The van der Waals surface area contributed by atoms with E-state index in [1.54, 1.807) is 0 Å². The van der Waals surface area contributed by atoms with Crippen LogP contribution in [0.25, 0.3) is 6.08 Å². The molecule has 1 nitrogen and oxygen atoms in total. The van der Waals surface area contributed by atoms with Crippen molar-refractivity contribution in [1.29, 1.82) is 0 Å². The molecule has 32 heavy (non-hydrogen) atoms. The number of halogens is 5. The molecule has 180 valence electrons. The molecule has 0 amide bonds. The lowest BCUT2D eigenvalue weighted by atomic mass is 9.70. The van der Waals surface area contributed by atoms with Crippen molar-refractivity contribution in [2.75, 3.05) is 0 Å². The molecule has 2 aliphatic carbocycles. The van der Waals surface area contributed by atoms with Crippen LogP contribution in [0.1, 0.15) is 88.7 Å². The van der Waals surface area contributed by atoms with Gasteiger partial charge in [0.1, 0.15) is 11.6 Å². The van der Waals surface area contributed by atoms with Gasteiger partial charge in [0.2, 0.25) is 0 Å². The van der Waals surface area contributed by atoms with Gasteiger partial charge in [-0.15, -0.1) is 0 Å². The summed E-state index contributed by atoms with van der Waals surface area (Å²) in [4.78, 5) is 0. The van der Waals surface area contributed by atoms with Gasteiger partial charge in [-0.2, -0.15) is 13.2 Å². The first-order valence-corrected chi connectivity index (χ1v) is 12.1. The van der Waals surface area contributed by atoms with Crippen molar-refractivity contribution in [3.63, 3.8) is 0 Å². The summed E-state index contributed by atoms with van der Waals surface area (Å²) in [6.07, 6.45) is 9.33. The molecule has 2 saturated carbocycles. The molecule has 0 atom stereocenters. The zero-order valence-electron chi connectivity index (χ0n) is 18.9. The second-order valence-electron chi connectivity index (χ2n) is 9.62. The highest BCUT2D eigenvalue weighted by Gasteiger charge is 2.31. The number of hydrogen-bond donors (Lipinski definition) is 0.